The Bertz CT molecular complexity index is 555. The summed E-state index contributed by atoms with van der Waals surface area (Å²) in [5, 5.41) is 9.19. The van der Waals surface area contributed by atoms with Crippen molar-refractivity contribution in [1.29, 1.82) is 0 Å². The Kier molecular flexibility index (Phi) is 7.33. The molecule has 1 heterocycles. The number of unbranched alkanes of at least 4 members (excludes halogenated alkanes) is 2. The van der Waals surface area contributed by atoms with Crippen molar-refractivity contribution in [2.45, 2.75) is 32.6 Å². The first-order valence-electron chi connectivity index (χ1n) is 8.11. The topological polar surface area (TPSA) is 64.5 Å². The summed E-state index contributed by atoms with van der Waals surface area (Å²) in [7, 11) is 0. The average molecular weight is 316 g/mol. The average Bonchev–Trinajstić information content (AvgIpc) is 2.59. The van der Waals surface area contributed by atoms with Crippen molar-refractivity contribution in [3.63, 3.8) is 0 Å². The number of nitrogens with zero attached hydrogens (tertiary/aromatic N) is 2. The molecule has 0 aliphatic heterocycles. The van der Waals surface area contributed by atoms with Crippen molar-refractivity contribution in [1.82, 2.24) is 9.97 Å². The Morgan fingerprint density at radius 3 is 2.26 bits per heavy atom. The molecular weight excluding hydrogens is 292 g/mol. The minimum Gasteiger partial charge on any atom is -0.505 e. The first-order valence-corrected chi connectivity index (χ1v) is 8.11. The first kappa shape index (κ1) is 17.2. The van der Waals surface area contributed by atoms with Crippen LogP contribution in [-0.2, 0) is 4.74 Å². The summed E-state index contributed by atoms with van der Waals surface area (Å²) in [6, 6.07) is 7.64. The lowest BCUT2D eigenvalue weighted by Crippen LogP contribution is -2.01. The molecular formula is C18H24N2O3. The summed E-state index contributed by atoms with van der Waals surface area (Å²) in [6.45, 7) is 4.51. The molecule has 0 spiro atoms. The Labute approximate surface area is 137 Å². The number of rotatable bonds is 10. The molecule has 1 aromatic carbocycles. The normalized spacial score (nSPS) is 10.7. The monoisotopic (exact) mass is 316 g/mol. The van der Waals surface area contributed by atoms with Crippen LogP contribution in [0.4, 0.5) is 0 Å². The van der Waals surface area contributed by atoms with Gasteiger partial charge in [-0.05, 0) is 43.5 Å². The number of benzene rings is 1. The van der Waals surface area contributed by atoms with E-state index in [2.05, 4.69) is 16.9 Å². The van der Waals surface area contributed by atoms with Gasteiger partial charge in [0.25, 0.3) is 0 Å². The summed E-state index contributed by atoms with van der Waals surface area (Å²) in [5.74, 6) is 1.48. The van der Waals surface area contributed by atoms with Crippen LogP contribution >= 0.6 is 0 Å². The van der Waals surface area contributed by atoms with Gasteiger partial charge in [0.05, 0.1) is 19.0 Å². The number of aromatic nitrogens is 2. The van der Waals surface area contributed by atoms with Gasteiger partial charge in [-0.3, -0.25) is 0 Å². The van der Waals surface area contributed by atoms with Crippen molar-refractivity contribution in [3.8, 4) is 22.9 Å². The van der Waals surface area contributed by atoms with E-state index in [1.165, 1.54) is 18.8 Å². The Morgan fingerprint density at radius 2 is 1.57 bits per heavy atom. The third-order valence-corrected chi connectivity index (χ3v) is 3.34. The molecule has 124 valence electrons. The largest absolute Gasteiger partial charge is 0.505 e. The van der Waals surface area contributed by atoms with Crippen LogP contribution in [0, 0.1) is 0 Å². The fourth-order valence-corrected chi connectivity index (χ4v) is 2.02. The van der Waals surface area contributed by atoms with Crippen LogP contribution in [0.25, 0.3) is 11.4 Å². The van der Waals surface area contributed by atoms with Crippen molar-refractivity contribution < 1.29 is 14.6 Å². The minimum absolute atomic E-state index is 0.0624. The summed E-state index contributed by atoms with van der Waals surface area (Å²) in [4.78, 5) is 8.16. The third kappa shape index (κ3) is 6.24. The van der Waals surface area contributed by atoms with Gasteiger partial charge in [-0.15, -0.1) is 0 Å². The summed E-state index contributed by atoms with van der Waals surface area (Å²) in [6.07, 6.45) is 7.07. The molecule has 0 bridgehead atoms. The van der Waals surface area contributed by atoms with Crippen LogP contribution in [0.1, 0.15) is 32.6 Å². The Hall–Kier alpha value is -2.14. The SMILES string of the molecule is CCCCOCCCCOc1ccc(-c2ncc(O)cn2)cc1. The van der Waals surface area contributed by atoms with E-state index in [9.17, 15) is 5.11 Å². The fourth-order valence-electron chi connectivity index (χ4n) is 2.02. The summed E-state index contributed by atoms with van der Waals surface area (Å²) in [5.41, 5.74) is 0.890. The smallest absolute Gasteiger partial charge is 0.159 e. The van der Waals surface area contributed by atoms with E-state index in [1.54, 1.807) is 0 Å². The molecule has 0 aliphatic rings. The highest BCUT2D eigenvalue weighted by Gasteiger charge is 2.02. The Balaban J connectivity index is 1.68. The van der Waals surface area contributed by atoms with Crippen molar-refractivity contribution >= 4 is 0 Å². The van der Waals surface area contributed by atoms with Gasteiger partial charge >= 0.3 is 0 Å². The van der Waals surface area contributed by atoms with E-state index in [-0.39, 0.29) is 5.75 Å². The van der Waals surface area contributed by atoms with Gasteiger partial charge in [0, 0.05) is 18.8 Å². The van der Waals surface area contributed by atoms with Gasteiger partial charge in [-0.1, -0.05) is 13.3 Å². The van der Waals surface area contributed by atoms with Gasteiger partial charge in [-0.2, -0.15) is 0 Å². The third-order valence-electron chi connectivity index (χ3n) is 3.34. The maximum absolute atomic E-state index is 9.19. The second-order valence-corrected chi connectivity index (χ2v) is 5.31. The van der Waals surface area contributed by atoms with Gasteiger partial charge in [0.15, 0.2) is 11.6 Å². The predicted octanol–water partition coefficient (Wildman–Crippen LogP) is 3.82. The van der Waals surface area contributed by atoms with Gasteiger partial charge < -0.3 is 14.6 Å². The molecule has 1 N–H and O–H groups in total. The van der Waals surface area contributed by atoms with E-state index < -0.39 is 0 Å². The lowest BCUT2D eigenvalue weighted by molar-refractivity contribution is 0.123. The Morgan fingerprint density at radius 1 is 0.913 bits per heavy atom. The van der Waals surface area contributed by atoms with Crippen molar-refractivity contribution in [3.05, 3.63) is 36.7 Å². The number of hydrogen-bond acceptors (Lipinski definition) is 5. The molecule has 0 radical (unpaired) electrons. The second kappa shape index (κ2) is 9.79. The van der Waals surface area contributed by atoms with Crippen LogP contribution in [0.3, 0.4) is 0 Å². The minimum atomic E-state index is 0.0624. The quantitative estimate of drug-likeness (QED) is 0.675. The second-order valence-electron chi connectivity index (χ2n) is 5.31. The standard InChI is InChI=1S/C18H24N2O3/c1-2-3-10-22-11-4-5-12-23-17-8-6-15(7-9-17)18-19-13-16(21)14-20-18/h6-9,13-14,21H,2-5,10-12H2,1H3. The van der Waals surface area contributed by atoms with Gasteiger partial charge in [-0.25, -0.2) is 9.97 Å². The van der Waals surface area contributed by atoms with Crippen molar-refractivity contribution in [2.24, 2.45) is 0 Å². The molecule has 2 aromatic rings. The van der Waals surface area contributed by atoms with E-state index >= 15 is 0 Å². The highest BCUT2D eigenvalue weighted by molar-refractivity contribution is 5.56. The maximum atomic E-state index is 9.19. The number of ether oxygens (including phenoxy) is 2. The maximum Gasteiger partial charge on any atom is 0.159 e. The van der Waals surface area contributed by atoms with E-state index in [4.69, 9.17) is 9.47 Å². The number of hydrogen-bond donors (Lipinski definition) is 1. The zero-order valence-corrected chi connectivity index (χ0v) is 13.6. The van der Waals surface area contributed by atoms with Crippen LogP contribution in [0.15, 0.2) is 36.7 Å². The van der Waals surface area contributed by atoms with Crippen LogP contribution < -0.4 is 4.74 Å². The van der Waals surface area contributed by atoms with Crippen LogP contribution in [0.2, 0.25) is 0 Å². The zero-order chi connectivity index (χ0) is 16.3. The van der Waals surface area contributed by atoms with E-state index in [1.807, 2.05) is 24.3 Å². The number of aromatic hydroxyl groups is 1. The summed E-state index contributed by atoms with van der Waals surface area (Å²) < 4.78 is 11.2. The lowest BCUT2D eigenvalue weighted by atomic mass is 10.2. The van der Waals surface area contributed by atoms with Gasteiger partial charge in [0.2, 0.25) is 0 Å². The lowest BCUT2D eigenvalue weighted by Gasteiger charge is -2.07. The predicted molar refractivity (Wildman–Crippen MR) is 89.6 cm³/mol. The van der Waals surface area contributed by atoms with Crippen LogP contribution in [0.5, 0.6) is 11.5 Å². The van der Waals surface area contributed by atoms with E-state index in [0.29, 0.717) is 12.4 Å². The van der Waals surface area contributed by atoms with Crippen LogP contribution in [-0.4, -0.2) is 34.9 Å². The van der Waals surface area contributed by atoms with Gasteiger partial charge in [0.1, 0.15) is 5.75 Å². The molecule has 0 atom stereocenters. The summed E-state index contributed by atoms with van der Waals surface area (Å²) >= 11 is 0. The highest BCUT2D eigenvalue weighted by atomic mass is 16.5. The van der Waals surface area contributed by atoms with Crippen molar-refractivity contribution in [2.75, 3.05) is 19.8 Å². The molecule has 0 fully saturated rings. The fraction of sp³-hybridized carbons (Fsp3) is 0.444. The molecule has 0 unspecified atom stereocenters. The van der Waals surface area contributed by atoms with E-state index in [0.717, 1.165) is 43.8 Å². The highest BCUT2D eigenvalue weighted by Crippen LogP contribution is 2.20. The molecule has 0 aliphatic carbocycles. The molecule has 0 amide bonds. The molecule has 2 rings (SSSR count). The molecule has 5 nitrogen and oxygen atoms in total. The molecule has 0 saturated heterocycles. The molecule has 23 heavy (non-hydrogen) atoms. The first-order chi connectivity index (χ1) is 11.3. The molecule has 5 heteroatoms. The zero-order valence-electron chi connectivity index (χ0n) is 13.6. The molecule has 1 aromatic heterocycles. The molecule has 0 saturated carbocycles.